The van der Waals surface area contributed by atoms with Crippen LogP contribution >= 0.6 is 7.82 Å². The first-order chi connectivity index (χ1) is 28.3. The molecule has 0 aromatic rings. The zero-order chi connectivity index (χ0) is 42.2. The van der Waals surface area contributed by atoms with Gasteiger partial charge in [0.1, 0.15) is 6.61 Å². The van der Waals surface area contributed by atoms with Gasteiger partial charge in [-0.3, -0.25) is 18.6 Å². The summed E-state index contributed by atoms with van der Waals surface area (Å²) in [6, 6.07) is 0. The fraction of sp³-hybridized carbons (Fsp3) is 0.872. The van der Waals surface area contributed by atoms with E-state index in [0.29, 0.717) is 18.6 Å². The number of allylic oxidation sites excluding steroid dienone is 3. The lowest BCUT2D eigenvalue weighted by atomic mass is 10.0. The van der Waals surface area contributed by atoms with E-state index in [1.54, 1.807) is 0 Å². The number of unbranched alkanes of at least 4 members (excludes halogenated alkanes) is 24. The van der Waals surface area contributed by atoms with Crippen LogP contribution in [-0.4, -0.2) is 61.5 Å². The second kappa shape index (κ2) is 39.6. The Morgan fingerprint density at radius 3 is 1.60 bits per heavy atom. The summed E-state index contributed by atoms with van der Waals surface area (Å²) < 4.78 is 38.6. The number of hydrogen-bond donors (Lipinski definition) is 2. The number of phosphoric acid groups is 1. The molecule has 0 aromatic carbocycles. The number of phosphoric ester groups is 1. The molecular formula is C47H88NO9P. The van der Waals surface area contributed by atoms with Crippen molar-refractivity contribution in [2.24, 2.45) is 5.73 Å². The minimum Gasteiger partial charge on any atom is -0.462 e. The van der Waals surface area contributed by atoms with Crippen LogP contribution in [0.15, 0.2) is 24.3 Å². The highest BCUT2D eigenvalue weighted by molar-refractivity contribution is 7.47. The molecule has 1 aliphatic heterocycles. The van der Waals surface area contributed by atoms with Gasteiger partial charge in [-0.05, 0) is 64.2 Å². The Morgan fingerprint density at radius 1 is 0.603 bits per heavy atom. The predicted molar refractivity (Wildman–Crippen MR) is 238 cm³/mol. The van der Waals surface area contributed by atoms with Crippen molar-refractivity contribution < 1.29 is 42.3 Å². The lowest BCUT2D eigenvalue weighted by Gasteiger charge is -2.19. The maximum Gasteiger partial charge on any atom is 0.472 e. The number of ether oxygens (including phenoxy) is 3. The highest BCUT2D eigenvalue weighted by Crippen LogP contribution is 2.43. The molecule has 0 aliphatic carbocycles. The first kappa shape index (κ1) is 54.5. The zero-order valence-corrected chi connectivity index (χ0v) is 38.1. The zero-order valence-electron chi connectivity index (χ0n) is 37.2. The van der Waals surface area contributed by atoms with E-state index in [-0.39, 0.29) is 38.6 Å². The van der Waals surface area contributed by atoms with Crippen molar-refractivity contribution in [3.8, 4) is 0 Å². The van der Waals surface area contributed by atoms with E-state index in [1.807, 2.05) is 0 Å². The van der Waals surface area contributed by atoms with Crippen molar-refractivity contribution >= 4 is 19.8 Å². The Kier molecular flexibility index (Phi) is 37.2. The third-order valence-electron chi connectivity index (χ3n) is 10.7. The molecule has 0 spiro atoms. The van der Waals surface area contributed by atoms with E-state index < -0.39 is 26.5 Å². The summed E-state index contributed by atoms with van der Waals surface area (Å²) in [4.78, 5) is 35.0. The third kappa shape index (κ3) is 36.3. The topological polar surface area (TPSA) is 147 Å². The highest BCUT2D eigenvalue weighted by Gasteiger charge is 2.36. The molecule has 0 aromatic heterocycles. The quantitative estimate of drug-likeness (QED) is 0.0200. The van der Waals surface area contributed by atoms with Gasteiger partial charge in [0.25, 0.3) is 0 Å². The molecular weight excluding hydrogens is 753 g/mol. The van der Waals surface area contributed by atoms with Crippen molar-refractivity contribution in [3.63, 3.8) is 0 Å². The molecule has 0 radical (unpaired) electrons. The largest absolute Gasteiger partial charge is 0.472 e. The SMILES string of the molecule is CCCCCCCC/C=C\CCCCCCCCCCCCCC(=O)OC[C@H](COP(=O)(O)OCCN)OC(=O)CCCCCCC/C=C\CC1OC1CCCCC. The molecule has 58 heavy (non-hydrogen) atoms. The molecule has 1 fully saturated rings. The van der Waals surface area contributed by atoms with Gasteiger partial charge in [-0.1, -0.05) is 167 Å². The second-order valence-electron chi connectivity index (χ2n) is 16.4. The molecule has 4 atom stereocenters. The molecule has 340 valence electrons. The van der Waals surface area contributed by atoms with Crippen molar-refractivity contribution in [1.82, 2.24) is 0 Å². The maximum absolute atomic E-state index is 12.6. The number of epoxide rings is 1. The van der Waals surface area contributed by atoms with E-state index in [1.165, 1.54) is 128 Å². The number of rotatable bonds is 44. The van der Waals surface area contributed by atoms with Gasteiger partial charge in [-0.2, -0.15) is 0 Å². The molecule has 3 N–H and O–H groups in total. The Labute approximate surface area is 355 Å². The minimum absolute atomic E-state index is 0.0496. The lowest BCUT2D eigenvalue weighted by molar-refractivity contribution is -0.161. The number of carbonyl (C=O) groups is 2. The Bertz CT molecular complexity index is 1070. The van der Waals surface area contributed by atoms with Gasteiger partial charge in [0.05, 0.1) is 25.4 Å². The van der Waals surface area contributed by atoms with Crippen molar-refractivity contribution in [1.29, 1.82) is 0 Å². The number of esters is 2. The van der Waals surface area contributed by atoms with Crippen LogP contribution in [0.3, 0.4) is 0 Å². The fourth-order valence-electron chi connectivity index (χ4n) is 7.05. The summed E-state index contributed by atoms with van der Waals surface area (Å²) in [6.45, 7) is 3.70. The van der Waals surface area contributed by atoms with Crippen LogP contribution in [-0.2, 0) is 37.4 Å². The van der Waals surface area contributed by atoms with E-state index in [2.05, 4.69) is 38.2 Å². The molecule has 0 bridgehead atoms. The second-order valence-corrected chi connectivity index (χ2v) is 17.8. The molecule has 1 aliphatic rings. The van der Waals surface area contributed by atoms with Gasteiger partial charge in [-0.15, -0.1) is 0 Å². The van der Waals surface area contributed by atoms with Gasteiger partial charge in [-0.25, -0.2) is 4.57 Å². The Morgan fingerprint density at radius 2 is 1.07 bits per heavy atom. The van der Waals surface area contributed by atoms with Crippen LogP contribution in [0.2, 0.25) is 0 Å². The third-order valence-corrected chi connectivity index (χ3v) is 11.7. The van der Waals surface area contributed by atoms with Crippen LogP contribution in [0.1, 0.15) is 219 Å². The van der Waals surface area contributed by atoms with Crippen LogP contribution in [0.5, 0.6) is 0 Å². The number of hydrogen-bond acceptors (Lipinski definition) is 9. The molecule has 0 amide bonds. The summed E-state index contributed by atoms with van der Waals surface area (Å²) in [5.74, 6) is -0.844. The van der Waals surface area contributed by atoms with E-state index in [0.717, 1.165) is 57.8 Å². The van der Waals surface area contributed by atoms with Crippen LogP contribution in [0.25, 0.3) is 0 Å². The summed E-state index contributed by atoms with van der Waals surface area (Å²) in [5.41, 5.74) is 5.36. The molecule has 0 saturated carbocycles. The standard InChI is InChI=1S/C47H88NO9P/c1-3-5-7-8-9-10-11-12-13-14-15-16-17-18-19-20-21-22-26-29-33-37-46(49)53-41-43(42-55-58(51,52)54-40-39-48)56-47(50)38-34-30-27-24-23-25-28-32-36-45-44(57-45)35-31-6-4-2/h12-13,28,32,43-45H,3-11,14-27,29-31,33-42,48H2,1-2H3,(H,51,52)/b13-12-,32-28-/t43-,44?,45?/m1/s1. The molecule has 10 nitrogen and oxygen atoms in total. The Balaban J connectivity index is 2.11. The Hall–Kier alpha value is -1.55. The normalized spacial score (nSPS) is 16.9. The minimum atomic E-state index is -4.38. The average Bonchev–Trinajstić information content (AvgIpc) is 3.97. The monoisotopic (exact) mass is 842 g/mol. The van der Waals surface area contributed by atoms with Crippen molar-refractivity contribution in [3.05, 3.63) is 24.3 Å². The summed E-state index contributed by atoms with van der Waals surface area (Å²) in [6.07, 6.45) is 45.2. The summed E-state index contributed by atoms with van der Waals surface area (Å²) in [5, 5.41) is 0. The van der Waals surface area contributed by atoms with Gasteiger partial charge in [0.2, 0.25) is 0 Å². The first-order valence-electron chi connectivity index (χ1n) is 23.9. The van der Waals surface area contributed by atoms with Crippen molar-refractivity contribution in [2.75, 3.05) is 26.4 Å². The van der Waals surface area contributed by atoms with Crippen LogP contribution in [0, 0.1) is 0 Å². The maximum atomic E-state index is 12.6. The van der Waals surface area contributed by atoms with E-state index >= 15 is 0 Å². The van der Waals surface area contributed by atoms with Gasteiger partial charge >= 0.3 is 19.8 Å². The molecule has 1 rings (SSSR count). The van der Waals surface area contributed by atoms with Gasteiger partial charge in [0.15, 0.2) is 6.10 Å². The lowest BCUT2D eigenvalue weighted by Crippen LogP contribution is -2.29. The van der Waals surface area contributed by atoms with Crippen molar-refractivity contribution in [2.45, 2.75) is 238 Å². The summed E-state index contributed by atoms with van der Waals surface area (Å²) in [7, 11) is -4.38. The predicted octanol–water partition coefficient (Wildman–Crippen LogP) is 12.9. The van der Waals surface area contributed by atoms with Gasteiger partial charge in [0, 0.05) is 19.4 Å². The van der Waals surface area contributed by atoms with E-state index in [4.69, 9.17) is 29.0 Å². The molecule has 11 heteroatoms. The molecule has 1 saturated heterocycles. The highest BCUT2D eigenvalue weighted by atomic mass is 31.2. The van der Waals surface area contributed by atoms with Crippen LogP contribution in [0.4, 0.5) is 0 Å². The molecule has 1 heterocycles. The average molecular weight is 842 g/mol. The first-order valence-corrected chi connectivity index (χ1v) is 25.4. The smallest absolute Gasteiger partial charge is 0.462 e. The van der Waals surface area contributed by atoms with Gasteiger partial charge < -0.3 is 24.8 Å². The summed E-state index contributed by atoms with van der Waals surface area (Å²) >= 11 is 0. The molecule has 3 unspecified atom stereocenters. The fourth-order valence-corrected chi connectivity index (χ4v) is 7.81. The van der Waals surface area contributed by atoms with Crippen LogP contribution < -0.4 is 5.73 Å². The number of carbonyl (C=O) groups excluding carboxylic acids is 2. The van der Waals surface area contributed by atoms with E-state index in [9.17, 15) is 19.0 Å². The number of nitrogens with two attached hydrogens (primary N) is 1.